The quantitative estimate of drug-likeness (QED) is 0.856. The molecule has 0 unspecified atom stereocenters. The fourth-order valence-electron chi connectivity index (χ4n) is 1.40. The number of hydrogen-bond donors (Lipinski definition) is 1. The number of ether oxygens (including phenoxy) is 2. The van der Waals surface area contributed by atoms with Crippen LogP contribution in [-0.2, 0) is 11.3 Å². The van der Waals surface area contributed by atoms with Gasteiger partial charge in [0.1, 0.15) is 5.82 Å². The molecule has 0 bridgehead atoms. The van der Waals surface area contributed by atoms with Gasteiger partial charge in [0.25, 0.3) is 0 Å². The van der Waals surface area contributed by atoms with Crippen molar-refractivity contribution in [1.82, 2.24) is 0 Å². The second kappa shape index (κ2) is 4.34. The first-order valence-electron chi connectivity index (χ1n) is 4.32. The molecule has 0 saturated carbocycles. The van der Waals surface area contributed by atoms with Crippen LogP contribution in [-0.4, -0.2) is 13.4 Å². The van der Waals surface area contributed by atoms with Crippen LogP contribution in [0.25, 0.3) is 0 Å². The van der Waals surface area contributed by atoms with Crippen LogP contribution in [0.4, 0.5) is 4.39 Å². The van der Waals surface area contributed by atoms with Crippen LogP contribution in [0.15, 0.2) is 10.5 Å². The highest BCUT2D eigenvalue weighted by molar-refractivity contribution is 9.10. The highest BCUT2D eigenvalue weighted by atomic mass is 79.9. The predicted molar refractivity (Wildman–Crippen MR) is 54.1 cm³/mol. The molecule has 4 nitrogen and oxygen atoms in total. The minimum absolute atomic E-state index is 0.115. The molecule has 0 aliphatic carbocycles. The largest absolute Gasteiger partial charge is 0.453 e. The summed E-state index contributed by atoms with van der Waals surface area (Å²) >= 11 is 3.27. The van der Waals surface area contributed by atoms with Crippen molar-refractivity contribution in [2.24, 2.45) is 5.90 Å². The van der Waals surface area contributed by atoms with Crippen LogP contribution in [0.3, 0.4) is 0 Å². The Hall–Kier alpha value is -0.850. The first kappa shape index (κ1) is 10.7. The Morgan fingerprint density at radius 2 is 2.33 bits per heavy atom. The molecule has 6 heteroatoms. The standard InChI is InChI=1S/C9H9BrFNO3/c10-8-5(1-2-15-12)6(11)3-7-9(8)14-4-13-7/h3H,1-2,4,12H2. The maximum atomic E-state index is 13.6. The van der Waals surface area contributed by atoms with Gasteiger partial charge in [0.15, 0.2) is 11.5 Å². The second-order valence-corrected chi connectivity index (χ2v) is 3.80. The molecule has 0 fully saturated rings. The molecule has 0 radical (unpaired) electrons. The first-order valence-corrected chi connectivity index (χ1v) is 5.11. The third kappa shape index (κ3) is 1.92. The van der Waals surface area contributed by atoms with Crippen molar-refractivity contribution in [3.8, 4) is 11.5 Å². The molecule has 1 aromatic carbocycles. The summed E-state index contributed by atoms with van der Waals surface area (Å²) in [4.78, 5) is 4.42. The van der Waals surface area contributed by atoms with Crippen molar-refractivity contribution in [3.05, 3.63) is 21.9 Å². The number of benzene rings is 1. The van der Waals surface area contributed by atoms with Crippen molar-refractivity contribution in [2.75, 3.05) is 13.4 Å². The van der Waals surface area contributed by atoms with Gasteiger partial charge in [-0.05, 0) is 15.9 Å². The number of hydrogen-bond acceptors (Lipinski definition) is 4. The molecule has 1 aliphatic heterocycles. The Labute approximate surface area is 94.2 Å². The highest BCUT2D eigenvalue weighted by Gasteiger charge is 2.22. The zero-order valence-corrected chi connectivity index (χ0v) is 9.34. The Bertz CT molecular complexity index is 386. The van der Waals surface area contributed by atoms with Gasteiger partial charge in [-0.1, -0.05) is 0 Å². The van der Waals surface area contributed by atoms with Crippen LogP contribution >= 0.6 is 15.9 Å². The van der Waals surface area contributed by atoms with Crippen LogP contribution in [0.2, 0.25) is 0 Å². The van der Waals surface area contributed by atoms with Gasteiger partial charge in [-0.15, -0.1) is 0 Å². The van der Waals surface area contributed by atoms with E-state index in [-0.39, 0.29) is 19.2 Å². The molecular formula is C9H9BrFNO3. The van der Waals surface area contributed by atoms with Crippen LogP contribution in [0.1, 0.15) is 5.56 Å². The normalized spacial score (nSPS) is 13.3. The number of rotatable bonds is 3. The molecule has 2 N–H and O–H groups in total. The lowest BCUT2D eigenvalue weighted by Crippen LogP contribution is -2.05. The molecule has 0 saturated heterocycles. The summed E-state index contributed by atoms with van der Waals surface area (Å²) in [6.07, 6.45) is 0.375. The number of fused-ring (bicyclic) bond motifs is 1. The van der Waals surface area contributed by atoms with Crippen molar-refractivity contribution in [2.45, 2.75) is 6.42 Å². The molecule has 0 aromatic heterocycles. The average Bonchev–Trinajstić information content (AvgIpc) is 2.65. The highest BCUT2D eigenvalue weighted by Crippen LogP contribution is 2.42. The summed E-state index contributed by atoms with van der Waals surface area (Å²) in [5.41, 5.74) is 0.477. The fraction of sp³-hybridized carbons (Fsp3) is 0.333. The molecular weight excluding hydrogens is 269 g/mol. The Balaban J connectivity index is 2.37. The summed E-state index contributed by atoms with van der Waals surface area (Å²) in [7, 11) is 0. The smallest absolute Gasteiger partial charge is 0.231 e. The van der Waals surface area contributed by atoms with E-state index in [1.54, 1.807) is 0 Å². The van der Waals surface area contributed by atoms with E-state index in [1.165, 1.54) is 6.07 Å². The SMILES string of the molecule is NOCCc1c(F)cc2c(c1Br)OCO2. The maximum Gasteiger partial charge on any atom is 0.231 e. The molecule has 82 valence electrons. The van der Waals surface area contributed by atoms with E-state index in [0.29, 0.717) is 28.0 Å². The van der Waals surface area contributed by atoms with E-state index in [9.17, 15) is 4.39 Å². The number of halogens is 2. The molecule has 1 heterocycles. The summed E-state index contributed by atoms with van der Waals surface area (Å²) in [6, 6.07) is 1.30. The van der Waals surface area contributed by atoms with Crippen molar-refractivity contribution in [3.63, 3.8) is 0 Å². The average molecular weight is 278 g/mol. The van der Waals surface area contributed by atoms with Crippen molar-refractivity contribution < 1.29 is 18.7 Å². The lowest BCUT2D eigenvalue weighted by molar-refractivity contribution is 0.140. The molecule has 1 aliphatic rings. The molecule has 1 aromatic rings. The second-order valence-electron chi connectivity index (χ2n) is 3.01. The Kier molecular flexibility index (Phi) is 3.08. The summed E-state index contributed by atoms with van der Waals surface area (Å²) < 4.78 is 24.4. The van der Waals surface area contributed by atoms with Gasteiger partial charge in [-0.25, -0.2) is 10.3 Å². The van der Waals surface area contributed by atoms with Gasteiger partial charge in [-0.3, -0.25) is 0 Å². The first-order chi connectivity index (χ1) is 7.24. The predicted octanol–water partition coefficient (Wildman–Crippen LogP) is 1.75. The van der Waals surface area contributed by atoms with E-state index < -0.39 is 0 Å². The van der Waals surface area contributed by atoms with Gasteiger partial charge in [0, 0.05) is 18.1 Å². The van der Waals surface area contributed by atoms with Crippen LogP contribution < -0.4 is 15.4 Å². The minimum Gasteiger partial charge on any atom is -0.453 e. The Morgan fingerprint density at radius 3 is 3.07 bits per heavy atom. The minimum atomic E-state index is -0.358. The zero-order valence-electron chi connectivity index (χ0n) is 7.76. The van der Waals surface area contributed by atoms with Gasteiger partial charge < -0.3 is 14.3 Å². The maximum absolute atomic E-state index is 13.6. The van der Waals surface area contributed by atoms with Crippen molar-refractivity contribution in [1.29, 1.82) is 0 Å². The molecule has 0 amide bonds. The van der Waals surface area contributed by atoms with Gasteiger partial charge >= 0.3 is 0 Å². The topological polar surface area (TPSA) is 53.7 Å². The third-order valence-corrected chi connectivity index (χ3v) is 2.96. The summed E-state index contributed by atoms with van der Waals surface area (Å²) in [5, 5.41) is 0. The molecule has 2 rings (SSSR count). The van der Waals surface area contributed by atoms with Crippen LogP contribution in [0.5, 0.6) is 11.5 Å². The van der Waals surface area contributed by atoms with E-state index in [4.69, 9.17) is 15.4 Å². The molecule has 0 spiro atoms. The number of nitrogens with two attached hydrogens (primary N) is 1. The van der Waals surface area contributed by atoms with E-state index in [2.05, 4.69) is 20.8 Å². The van der Waals surface area contributed by atoms with Crippen LogP contribution in [0, 0.1) is 5.82 Å². The Morgan fingerprint density at radius 1 is 1.53 bits per heavy atom. The lowest BCUT2D eigenvalue weighted by atomic mass is 10.1. The van der Waals surface area contributed by atoms with Gasteiger partial charge in [-0.2, -0.15) is 0 Å². The lowest BCUT2D eigenvalue weighted by Gasteiger charge is -2.07. The van der Waals surface area contributed by atoms with E-state index >= 15 is 0 Å². The molecule has 15 heavy (non-hydrogen) atoms. The zero-order chi connectivity index (χ0) is 10.8. The molecule has 0 atom stereocenters. The van der Waals surface area contributed by atoms with Crippen molar-refractivity contribution >= 4 is 15.9 Å². The van der Waals surface area contributed by atoms with Gasteiger partial charge in [0.2, 0.25) is 6.79 Å². The summed E-state index contributed by atoms with van der Waals surface area (Å²) in [6.45, 7) is 0.360. The van der Waals surface area contributed by atoms with E-state index in [1.807, 2.05) is 0 Å². The fourth-order valence-corrected chi connectivity index (χ4v) is 2.10. The summed E-state index contributed by atoms with van der Waals surface area (Å²) in [5.74, 6) is 5.48. The third-order valence-electron chi connectivity index (χ3n) is 2.12. The van der Waals surface area contributed by atoms with Gasteiger partial charge in [0.05, 0.1) is 11.1 Å². The monoisotopic (exact) mass is 277 g/mol. The van der Waals surface area contributed by atoms with E-state index in [0.717, 1.165) is 0 Å².